The van der Waals surface area contributed by atoms with Gasteiger partial charge in [-0.3, -0.25) is 4.90 Å². The van der Waals surface area contributed by atoms with Gasteiger partial charge in [-0.1, -0.05) is 20.8 Å². The molecule has 104 valence electrons. The van der Waals surface area contributed by atoms with Gasteiger partial charge in [0.15, 0.2) is 0 Å². The van der Waals surface area contributed by atoms with E-state index in [1.165, 1.54) is 6.42 Å². The second-order valence-corrected chi connectivity index (χ2v) is 5.06. The summed E-state index contributed by atoms with van der Waals surface area (Å²) in [5.74, 6) is 0.667. The molecule has 0 aromatic heterocycles. The van der Waals surface area contributed by atoms with Gasteiger partial charge >= 0.3 is 0 Å². The summed E-state index contributed by atoms with van der Waals surface area (Å²) in [6.45, 7) is 15.5. The number of rotatable bonds is 10. The van der Waals surface area contributed by atoms with Crippen LogP contribution in [0.15, 0.2) is 0 Å². The highest BCUT2D eigenvalue weighted by Crippen LogP contribution is 2.13. The minimum Gasteiger partial charge on any atom is -0.383 e. The third-order valence-corrected chi connectivity index (χ3v) is 3.58. The van der Waals surface area contributed by atoms with Gasteiger partial charge in [-0.15, -0.1) is 0 Å². The molecule has 3 atom stereocenters. The summed E-state index contributed by atoms with van der Waals surface area (Å²) in [6, 6.07) is 1.09. The van der Waals surface area contributed by atoms with E-state index >= 15 is 0 Å². The van der Waals surface area contributed by atoms with Crippen molar-refractivity contribution < 1.29 is 4.74 Å². The van der Waals surface area contributed by atoms with Crippen LogP contribution in [-0.2, 0) is 4.74 Å². The molecule has 0 amide bonds. The lowest BCUT2D eigenvalue weighted by molar-refractivity contribution is 0.0606. The van der Waals surface area contributed by atoms with Gasteiger partial charge in [0.1, 0.15) is 0 Å². The molecule has 3 nitrogen and oxygen atoms in total. The summed E-state index contributed by atoms with van der Waals surface area (Å²) >= 11 is 0. The minimum atomic E-state index is 0.494. The van der Waals surface area contributed by atoms with E-state index in [0.717, 1.165) is 26.2 Å². The Morgan fingerprint density at radius 3 is 2.29 bits per heavy atom. The average molecular weight is 244 g/mol. The summed E-state index contributed by atoms with van der Waals surface area (Å²) in [7, 11) is 1.78. The van der Waals surface area contributed by atoms with Gasteiger partial charge < -0.3 is 10.1 Å². The van der Waals surface area contributed by atoms with E-state index in [4.69, 9.17) is 4.74 Å². The van der Waals surface area contributed by atoms with Crippen LogP contribution in [0.4, 0.5) is 0 Å². The van der Waals surface area contributed by atoms with Gasteiger partial charge in [-0.05, 0) is 45.8 Å². The zero-order valence-electron chi connectivity index (χ0n) is 12.6. The highest BCUT2D eigenvalue weighted by atomic mass is 16.5. The Morgan fingerprint density at radius 2 is 1.82 bits per heavy atom. The van der Waals surface area contributed by atoms with Crippen molar-refractivity contribution in [2.24, 2.45) is 5.92 Å². The summed E-state index contributed by atoms with van der Waals surface area (Å²) < 4.78 is 5.26. The lowest BCUT2D eigenvalue weighted by atomic mass is 10.0. The summed E-state index contributed by atoms with van der Waals surface area (Å²) in [5, 5.41) is 3.51. The summed E-state index contributed by atoms with van der Waals surface area (Å²) in [6.07, 6.45) is 1.21. The second kappa shape index (κ2) is 9.86. The van der Waals surface area contributed by atoms with E-state index in [0.29, 0.717) is 18.0 Å². The fourth-order valence-electron chi connectivity index (χ4n) is 2.34. The van der Waals surface area contributed by atoms with Crippen LogP contribution < -0.4 is 5.32 Å². The fourth-order valence-corrected chi connectivity index (χ4v) is 2.34. The van der Waals surface area contributed by atoms with E-state index in [2.05, 4.69) is 44.8 Å². The Bertz CT molecular complexity index is 176. The standard InChI is InChI=1S/C14H32N2O/c1-7-9-15-10-12(3)14(5)16(8-2)13(4)11-17-6/h12-15H,7-11H2,1-6H3. The van der Waals surface area contributed by atoms with Crippen molar-refractivity contribution in [3.8, 4) is 0 Å². The number of methoxy groups -OCH3 is 1. The normalized spacial score (nSPS) is 17.1. The van der Waals surface area contributed by atoms with Crippen molar-refractivity contribution in [3.05, 3.63) is 0 Å². The Hall–Kier alpha value is -0.120. The maximum atomic E-state index is 5.26. The predicted molar refractivity (Wildman–Crippen MR) is 75.5 cm³/mol. The monoisotopic (exact) mass is 244 g/mol. The van der Waals surface area contributed by atoms with Crippen LogP contribution in [-0.4, -0.2) is 50.3 Å². The molecule has 0 aliphatic heterocycles. The Kier molecular flexibility index (Phi) is 9.79. The van der Waals surface area contributed by atoms with Crippen molar-refractivity contribution in [2.45, 2.75) is 53.1 Å². The zero-order valence-corrected chi connectivity index (χ0v) is 12.6. The van der Waals surface area contributed by atoms with Crippen molar-refractivity contribution in [1.82, 2.24) is 10.2 Å². The van der Waals surface area contributed by atoms with Crippen molar-refractivity contribution in [1.29, 1.82) is 0 Å². The SMILES string of the molecule is CCCNCC(C)C(C)N(CC)C(C)COC. The maximum Gasteiger partial charge on any atom is 0.0615 e. The summed E-state index contributed by atoms with van der Waals surface area (Å²) in [5.41, 5.74) is 0. The molecule has 0 saturated carbocycles. The van der Waals surface area contributed by atoms with E-state index in [1.807, 2.05) is 0 Å². The van der Waals surface area contributed by atoms with Gasteiger partial charge in [-0.25, -0.2) is 0 Å². The second-order valence-electron chi connectivity index (χ2n) is 5.06. The van der Waals surface area contributed by atoms with Crippen LogP contribution in [0.1, 0.15) is 41.0 Å². The molecular formula is C14H32N2O. The number of hydrogen-bond acceptors (Lipinski definition) is 3. The molecule has 0 fully saturated rings. The number of nitrogens with zero attached hydrogens (tertiary/aromatic N) is 1. The first-order valence-corrected chi connectivity index (χ1v) is 7.03. The molecule has 0 aliphatic rings. The first kappa shape index (κ1) is 16.9. The largest absolute Gasteiger partial charge is 0.383 e. The predicted octanol–water partition coefficient (Wildman–Crippen LogP) is 2.37. The van der Waals surface area contributed by atoms with E-state index in [-0.39, 0.29) is 0 Å². The lowest BCUT2D eigenvalue weighted by Gasteiger charge is -2.36. The molecule has 0 aromatic rings. The molecule has 17 heavy (non-hydrogen) atoms. The molecule has 0 radical (unpaired) electrons. The topological polar surface area (TPSA) is 24.5 Å². The highest BCUT2D eigenvalue weighted by Gasteiger charge is 2.22. The van der Waals surface area contributed by atoms with Crippen LogP contribution >= 0.6 is 0 Å². The molecular weight excluding hydrogens is 212 g/mol. The smallest absolute Gasteiger partial charge is 0.0615 e. The number of likely N-dealkylation sites (N-methyl/N-ethyl adjacent to an activating group) is 1. The molecule has 0 heterocycles. The van der Waals surface area contributed by atoms with Crippen LogP contribution in [0.3, 0.4) is 0 Å². The van der Waals surface area contributed by atoms with Crippen LogP contribution in [0, 0.1) is 5.92 Å². The van der Waals surface area contributed by atoms with Gasteiger partial charge in [0.2, 0.25) is 0 Å². The third-order valence-electron chi connectivity index (χ3n) is 3.58. The maximum absolute atomic E-state index is 5.26. The summed E-state index contributed by atoms with van der Waals surface area (Å²) in [4.78, 5) is 2.53. The number of ether oxygens (including phenoxy) is 1. The van der Waals surface area contributed by atoms with Crippen molar-refractivity contribution >= 4 is 0 Å². The molecule has 3 heteroatoms. The van der Waals surface area contributed by atoms with Gasteiger partial charge in [0.05, 0.1) is 6.61 Å². The Labute approximate surface area is 108 Å². The molecule has 0 aromatic carbocycles. The van der Waals surface area contributed by atoms with E-state index < -0.39 is 0 Å². The van der Waals surface area contributed by atoms with Crippen molar-refractivity contribution in [3.63, 3.8) is 0 Å². The van der Waals surface area contributed by atoms with Gasteiger partial charge in [0.25, 0.3) is 0 Å². The lowest BCUT2D eigenvalue weighted by Crippen LogP contribution is -2.47. The van der Waals surface area contributed by atoms with E-state index in [1.54, 1.807) is 7.11 Å². The molecule has 0 spiro atoms. The van der Waals surface area contributed by atoms with Crippen LogP contribution in [0.25, 0.3) is 0 Å². The Morgan fingerprint density at radius 1 is 1.18 bits per heavy atom. The molecule has 0 bridgehead atoms. The fraction of sp³-hybridized carbons (Fsp3) is 1.00. The van der Waals surface area contributed by atoms with Crippen molar-refractivity contribution in [2.75, 3.05) is 33.4 Å². The molecule has 1 N–H and O–H groups in total. The zero-order chi connectivity index (χ0) is 13.3. The number of hydrogen-bond donors (Lipinski definition) is 1. The minimum absolute atomic E-state index is 0.494. The molecule has 0 rings (SSSR count). The Balaban J connectivity index is 4.16. The highest BCUT2D eigenvalue weighted by molar-refractivity contribution is 4.77. The third kappa shape index (κ3) is 6.39. The molecule has 0 saturated heterocycles. The van der Waals surface area contributed by atoms with E-state index in [9.17, 15) is 0 Å². The first-order valence-electron chi connectivity index (χ1n) is 7.03. The van der Waals surface area contributed by atoms with Crippen LogP contribution in [0.5, 0.6) is 0 Å². The average Bonchev–Trinajstić information content (AvgIpc) is 2.30. The molecule has 0 aliphatic carbocycles. The van der Waals surface area contributed by atoms with Gasteiger partial charge in [-0.2, -0.15) is 0 Å². The van der Waals surface area contributed by atoms with Gasteiger partial charge in [0, 0.05) is 19.2 Å². The van der Waals surface area contributed by atoms with Crippen LogP contribution in [0.2, 0.25) is 0 Å². The first-order chi connectivity index (χ1) is 8.08. The number of nitrogens with one attached hydrogen (secondary N) is 1. The molecule has 3 unspecified atom stereocenters. The quantitative estimate of drug-likeness (QED) is 0.597.